The summed E-state index contributed by atoms with van der Waals surface area (Å²) in [5.41, 5.74) is 6.31. The second-order valence-corrected chi connectivity index (χ2v) is 6.28. The summed E-state index contributed by atoms with van der Waals surface area (Å²) in [5, 5.41) is 8.89. The number of unbranched alkanes of at least 4 members (excludes halogenated alkanes) is 1. The molecule has 0 aliphatic rings. The molecule has 108 valence electrons. The van der Waals surface area contributed by atoms with E-state index in [0.717, 1.165) is 23.7 Å². The average Bonchev–Trinajstić information content (AvgIpc) is 2.37. The maximum absolute atomic E-state index is 11.8. The zero-order valence-electron chi connectivity index (χ0n) is 11.8. The molecule has 0 atom stereocenters. The topological polar surface area (TPSA) is 76.1 Å². The maximum Gasteiger partial charge on any atom is 0.338 e. The quantitative estimate of drug-likeness (QED) is 0.484. The van der Waals surface area contributed by atoms with Gasteiger partial charge in [0.1, 0.15) is 0 Å². The molecule has 0 amide bonds. The lowest BCUT2D eigenvalue weighted by Gasteiger charge is -2.14. The highest BCUT2D eigenvalue weighted by Gasteiger charge is 2.15. The summed E-state index contributed by atoms with van der Waals surface area (Å²) in [6.07, 6.45) is 2.40. The Labute approximate surface area is 128 Å². The third kappa shape index (κ3) is 5.62. The molecule has 0 fully saturated rings. The van der Waals surface area contributed by atoms with Gasteiger partial charge in [-0.2, -0.15) is 5.26 Å². The number of anilines is 1. The second-order valence-electron chi connectivity index (χ2n) is 5.36. The molecule has 0 radical (unpaired) electrons. The van der Waals surface area contributed by atoms with E-state index in [1.54, 1.807) is 18.2 Å². The van der Waals surface area contributed by atoms with Crippen LogP contribution >= 0.6 is 15.9 Å². The van der Waals surface area contributed by atoms with Gasteiger partial charge in [-0.05, 0) is 51.3 Å². The number of rotatable bonds is 6. The minimum absolute atomic E-state index is 0.317. The highest BCUT2D eigenvalue weighted by atomic mass is 79.9. The summed E-state index contributed by atoms with van der Waals surface area (Å²) in [6, 6.07) is 7.24. The van der Waals surface area contributed by atoms with Gasteiger partial charge in [-0.15, -0.1) is 0 Å². The van der Waals surface area contributed by atoms with Gasteiger partial charge in [0.2, 0.25) is 0 Å². The summed E-state index contributed by atoms with van der Waals surface area (Å²) in [5.74, 6) is -0.377. The van der Waals surface area contributed by atoms with Gasteiger partial charge in [-0.3, -0.25) is 0 Å². The van der Waals surface area contributed by atoms with Gasteiger partial charge in [0.05, 0.1) is 23.7 Å². The summed E-state index contributed by atoms with van der Waals surface area (Å²) in [4.78, 5) is 11.8. The third-order valence-corrected chi connectivity index (χ3v) is 3.35. The summed E-state index contributed by atoms with van der Waals surface area (Å²) < 4.78 is 5.94. The molecule has 0 bridgehead atoms. The van der Waals surface area contributed by atoms with Crippen molar-refractivity contribution in [2.75, 3.05) is 12.3 Å². The Morgan fingerprint density at radius 3 is 2.70 bits per heavy atom. The summed E-state index contributed by atoms with van der Waals surface area (Å²) >= 11 is 3.29. The van der Waals surface area contributed by atoms with Crippen molar-refractivity contribution in [3.8, 4) is 6.07 Å². The number of carbonyl (C=O) groups excluding carboxylic acids is 1. The number of nitrogens with zero attached hydrogens (tertiary/aromatic N) is 1. The second kappa shape index (κ2) is 7.30. The van der Waals surface area contributed by atoms with Gasteiger partial charge in [0.15, 0.2) is 0 Å². The fourth-order valence-electron chi connectivity index (χ4n) is 1.70. The smallest absolute Gasteiger partial charge is 0.338 e. The van der Waals surface area contributed by atoms with Crippen molar-refractivity contribution in [1.29, 1.82) is 5.26 Å². The molecule has 5 heteroatoms. The lowest BCUT2D eigenvalue weighted by atomic mass is 9.89. The molecule has 0 saturated carbocycles. The summed E-state index contributed by atoms with van der Waals surface area (Å²) in [6.45, 7) is 4.17. The molecule has 0 unspecified atom stereocenters. The first-order valence-corrected chi connectivity index (χ1v) is 7.28. The largest absolute Gasteiger partial charge is 0.462 e. The molecule has 0 aliphatic carbocycles. The van der Waals surface area contributed by atoms with Crippen molar-refractivity contribution < 1.29 is 9.53 Å². The molecule has 0 aromatic heterocycles. The van der Waals surface area contributed by atoms with Gasteiger partial charge < -0.3 is 10.5 Å². The number of ether oxygens (including phenoxy) is 1. The number of halogens is 1. The van der Waals surface area contributed by atoms with Crippen LogP contribution in [0.1, 0.15) is 43.5 Å². The Bertz CT molecular complexity index is 501. The number of nitrogens with two attached hydrogens (primary N) is 1. The lowest BCUT2D eigenvalue weighted by Crippen LogP contribution is -2.10. The molecular formula is C15H19BrN2O2. The van der Waals surface area contributed by atoms with Crippen LogP contribution in [0.15, 0.2) is 22.7 Å². The minimum Gasteiger partial charge on any atom is -0.462 e. The normalized spacial score (nSPS) is 10.9. The Hall–Kier alpha value is -1.54. The van der Waals surface area contributed by atoms with Crippen LogP contribution in [0.5, 0.6) is 0 Å². The van der Waals surface area contributed by atoms with E-state index in [1.165, 1.54) is 0 Å². The van der Waals surface area contributed by atoms with Crippen LogP contribution in [0.25, 0.3) is 0 Å². The van der Waals surface area contributed by atoms with Crippen LogP contribution in [0.2, 0.25) is 0 Å². The van der Waals surface area contributed by atoms with E-state index in [-0.39, 0.29) is 11.4 Å². The van der Waals surface area contributed by atoms with Crippen LogP contribution in [0.4, 0.5) is 5.69 Å². The van der Waals surface area contributed by atoms with Crippen molar-refractivity contribution in [3.05, 3.63) is 28.2 Å². The Morgan fingerprint density at radius 1 is 1.40 bits per heavy atom. The highest BCUT2D eigenvalue weighted by Crippen LogP contribution is 2.22. The number of benzene rings is 1. The fourth-order valence-corrected chi connectivity index (χ4v) is 2.21. The molecule has 4 nitrogen and oxygen atoms in total. The number of hydrogen-bond acceptors (Lipinski definition) is 4. The van der Waals surface area contributed by atoms with E-state index in [4.69, 9.17) is 15.7 Å². The monoisotopic (exact) mass is 338 g/mol. The Kier molecular flexibility index (Phi) is 6.03. The molecule has 1 aromatic rings. The van der Waals surface area contributed by atoms with Crippen LogP contribution in [0.3, 0.4) is 0 Å². The number of hydrogen-bond donors (Lipinski definition) is 1. The van der Waals surface area contributed by atoms with Crippen LogP contribution in [-0.4, -0.2) is 12.6 Å². The first kappa shape index (κ1) is 16.5. The van der Waals surface area contributed by atoms with Crippen LogP contribution < -0.4 is 5.73 Å². The molecule has 0 aliphatic heterocycles. The van der Waals surface area contributed by atoms with Crippen LogP contribution in [0, 0.1) is 16.7 Å². The van der Waals surface area contributed by atoms with E-state index in [2.05, 4.69) is 22.0 Å². The molecule has 20 heavy (non-hydrogen) atoms. The highest BCUT2D eigenvalue weighted by molar-refractivity contribution is 9.10. The molecule has 1 aromatic carbocycles. The van der Waals surface area contributed by atoms with E-state index >= 15 is 0 Å². The fraction of sp³-hybridized carbons (Fsp3) is 0.467. The third-order valence-electron chi connectivity index (χ3n) is 2.89. The van der Waals surface area contributed by atoms with Crippen molar-refractivity contribution in [3.63, 3.8) is 0 Å². The molecule has 0 saturated heterocycles. The maximum atomic E-state index is 11.8. The first-order valence-electron chi connectivity index (χ1n) is 6.48. The number of nitrogen functional groups attached to an aromatic ring is 1. The van der Waals surface area contributed by atoms with Gasteiger partial charge in [-0.25, -0.2) is 4.79 Å². The predicted octanol–water partition coefficient (Wildman–Crippen LogP) is 3.91. The zero-order valence-corrected chi connectivity index (χ0v) is 13.4. The number of carbonyl (C=O) groups is 1. The van der Waals surface area contributed by atoms with Crippen molar-refractivity contribution in [2.24, 2.45) is 5.41 Å². The molecule has 1 rings (SSSR count). The van der Waals surface area contributed by atoms with Crippen LogP contribution in [-0.2, 0) is 4.74 Å². The van der Waals surface area contributed by atoms with E-state index in [9.17, 15) is 4.79 Å². The predicted molar refractivity (Wildman–Crippen MR) is 82.1 cm³/mol. The first-order chi connectivity index (χ1) is 9.34. The molecular weight excluding hydrogens is 320 g/mol. The molecule has 0 heterocycles. The minimum atomic E-state index is -0.377. The van der Waals surface area contributed by atoms with Gasteiger partial charge in [-0.1, -0.05) is 15.9 Å². The van der Waals surface area contributed by atoms with E-state index in [0.29, 0.717) is 17.9 Å². The molecule has 2 N–H and O–H groups in total. The van der Waals surface area contributed by atoms with Crippen molar-refractivity contribution in [1.82, 2.24) is 0 Å². The number of esters is 1. The van der Waals surface area contributed by atoms with Gasteiger partial charge in [0, 0.05) is 10.2 Å². The molecule has 0 spiro atoms. The van der Waals surface area contributed by atoms with Gasteiger partial charge in [0.25, 0.3) is 0 Å². The van der Waals surface area contributed by atoms with E-state index in [1.807, 2.05) is 13.8 Å². The Morgan fingerprint density at radius 2 is 2.10 bits per heavy atom. The van der Waals surface area contributed by atoms with E-state index < -0.39 is 0 Å². The zero-order chi connectivity index (χ0) is 15.2. The van der Waals surface area contributed by atoms with Crippen molar-refractivity contribution >= 4 is 27.6 Å². The van der Waals surface area contributed by atoms with Crippen molar-refractivity contribution in [2.45, 2.75) is 33.1 Å². The van der Waals surface area contributed by atoms with Gasteiger partial charge >= 0.3 is 5.97 Å². The average molecular weight is 339 g/mol. The number of nitriles is 1. The summed E-state index contributed by atoms with van der Waals surface area (Å²) in [7, 11) is 0. The Balaban J connectivity index is 2.36. The standard InChI is InChI=1S/C15H19BrN2O2/c1-15(2,10-17)5-3-4-6-20-14(19)11-7-12(16)9-13(18)8-11/h7-9H,3-6,18H2,1-2H3. The SMILES string of the molecule is CC(C)(C#N)CCCCOC(=O)c1cc(N)cc(Br)c1. The lowest BCUT2D eigenvalue weighted by molar-refractivity contribution is 0.0496.